The van der Waals surface area contributed by atoms with Gasteiger partial charge in [-0.05, 0) is 62.9 Å². The molecule has 9 heteroatoms. The lowest BCUT2D eigenvalue weighted by Gasteiger charge is -2.36. The fourth-order valence-electron chi connectivity index (χ4n) is 6.62. The molecule has 0 aliphatic heterocycles. The first-order valence-electron chi connectivity index (χ1n) is 19.6. The van der Waals surface area contributed by atoms with Crippen LogP contribution in [0.2, 0.25) is 0 Å². The van der Waals surface area contributed by atoms with E-state index in [1.165, 1.54) is 24.3 Å². The molecule has 0 saturated heterocycles. The van der Waals surface area contributed by atoms with Gasteiger partial charge in [0.05, 0.1) is 37.9 Å². The number of hydrogen-bond donors (Lipinski definition) is 1. The van der Waals surface area contributed by atoms with Gasteiger partial charge in [0.25, 0.3) is 6.01 Å². The molecule has 1 N–H and O–H groups in total. The number of benzene rings is 6. The molecule has 2 heterocycles. The van der Waals surface area contributed by atoms with Gasteiger partial charge in [-0.15, -0.1) is 5.10 Å². The molecular formula is C43H34N6O3. The summed E-state index contributed by atoms with van der Waals surface area (Å²) in [6.45, 7) is -0.537. The normalized spacial score (nSPS) is 13.4. The van der Waals surface area contributed by atoms with E-state index >= 15 is 0 Å². The maximum atomic E-state index is 12.3. The number of fused-ring (bicyclic) bond motifs is 1. The Balaban J connectivity index is 1.36. The van der Waals surface area contributed by atoms with E-state index in [9.17, 15) is 15.4 Å². The molecule has 9 nitrogen and oxygen atoms in total. The second-order valence-corrected chi connectivity index (χ2v) is 11.8. The maximum absolute atomic E-state index is 12.3. The number of ether oxygens (including phenoxy) is 1. The Morgan fingerprint density at radius 2 is 1.38 bits per heavy atom. The van der Waals surface area contributed by atoms with Gasteiger partial charge in [0.2, 0.25) is 0 Å². The summed E-state index contributed by atoms with van der Waals surface area (Å²) in [6.07, 6.45) is 0. The standard InChI is InChI=1S/C43H34N6O3/c1-2-52-42-44-38-24-14-23-37(41(50)51)39(38)48(42)29-30-25-27-31(28-26-30)35-21-12-13-22-36(35)40-45-46-47-49(40)43(32-15-6-3-7-16-32,33-17-8-4-9-18-33)34-19-10-5-11-20-34/h3-28H,2,29H2,1H3,(H,50,51)/i12D,13D,21D,22D,29D2. The third kappa shape index (κ3) is 5.58. The van der Waals surface area contributed by atoms with E-state index in [4.69, 9.17) is 7.48 Å². The minimum atomic E-state index is -2.40. The number of rotatable bonds is 11. The molecule has 0 aliphatic carbocycles. The van der Waals surface area contributed by atoms with E-state index < -0.39 is 30.1 Å². The predicted molar refractivity (Wildman–Crippen MR) is 200 cm³/mol. The minimum absolute atomic E-state index is 0.0317. The number of aromatic carboxylic acids is 1. The monoisotopic (exact) mass is 688 g/mol. The lowest BCUT2D eigenvalue weighted by atomic mass is 9.77. The largest absolute Gasteiger partial charge is 0.478 e. The first-order chi connectivity index (χ1) is 28.0. The zero-order valence-corrected chi connectivity index (χ0v) is 27.9. The molecule has 254 valence electrons. The van der Waals surface area contributed by atoms with Crippen LogP contribution in [0.1, 0.15) is 47.8 Å². The molecule has 2 aromatic heterocycles. The van der Waals surface area contributed by atoms with Crippen LogP contribution in [0.25, 0.3) is 33.5 Å². The van der Waals surface area contributed by atoms with Gasteiger partial charge in [-0.25, -0.2) is 9.48 Å². The Hall–Kier alpha value is -6.87. The summed E-state index contributed by atoms with van der Waals surface area (Å²) >= 11 is 0. The number of nitrogens with zero attached hydrogens (tertiary/aromatic N) is 6. The number of carboxylic acid groups (broad SMARTS) is 1. The molecule has 8 aromatic rings. The molecular weight excluding hydrogens is 649 g/mol. The molecule has 0 fully saturated rings. The number of carbonyl (C=O) groups is 1. The summed E-state index contributed by atoms with van der Waals surface area (Å²) in [7, 11) is 0. The molecule has 0 aliphatic rings. The Morgan fingerprint density at radius 1 is 0.788 bits per heavy atom. The molecule has 0 saturated carbocycles. The van der Waals surface area contributed by atoms with Gasteiger partial charge in [-0.2, -0.15) is 4.98 Å². The van der Waals surface area contributed by atoms with Crippen LogP contribution in [-0.4, -0.2) is 47.4 Å². The molecule has 52 heavy (non-hydrogen) atoms. The van der Waals surface area contributed by atoms with Gasteiger partial charge < -0.3 is 9.84 Å². The number of aromatic nitrogens is 6. The molecule has 8 rings (SSSR count). The zero-order valence-electron chi connectivity index (χ0n) is 33.9. The highest BCUT2D eigenvalue weighted by atomic mass is 16.5. The van der Waals surface area contributed by atoms with Crippen molar-refractivity contribution in [2.24, 2.45) is 0 Å². The van der Waals surface area contributed by atoms with Crippen LogP contribution >= 0.6 is 0 Å². The average molecular weight is 689 g/mol. The fraction of sp³-hybridized carbons (Fsp3) is 0.0930. The van der Waals surface area contributed by atoms with Crippen molar-refractivity contribution in [3.8, 4) is 28.5 Å². The average Bonchev–Trinajstić information content (AvgIpc) is 3.88. The Kier molecular flexibility index (Phi) is 6.90. The highest BCUT2D eigenvalue weighted by Crippen LogP contribution is 2.43. The third-order valence-electron chi connectivity index (χ3n) is 8.84. The van der Waals surface area contributed by atoms with Crippen LogP contribution in [0, 0.1) is 0 Å². The van der Waals surface area contributed by atoms with Gasteiger partial charge in [-0.1, -0.05) is 145 Å². The zero-order chi connectivity index (χ0) is 40.8. The molecule has 6 aromatic carbocycles. The van der Waals surface area contributed by atoms with Crippen molar-refractivity contribution in [3.63, 3.8) is 0 Å². The summed E-state index contributed by atoms with van der Waals surface area (Å²) in [4.78, 5) is 16.7. The topological polar surface area (TPSA) is 108 Å². The van der Waals surface area contributed by atoms with Crippen molar-refractivity contribution in [1.29, 1.82) is 0 Å². The van der Waals surface area contributed by atoms with Crippen LogP contribution in [-0.2, 0) is 12.0 Å². The van der Waals surface area contributed by atoms with Crippen LogP contribution in [0.3, 0.4) is 0 Å². The first-order valence-corrected chi connectivity index (χ1v) is 16.6. The van der Waals surface area contributed by atoms with E-state index in [1.54, 1.807) is 29.8 Å². The second kappa shape index (κ2) is 13.8. The van der Waals surface area contributed by atoms with Gasteiger partial charge >= 0.3 is 5.97 Å². The van der Waals surface area contributed by atoms with E-state index in [1.807, 2.05) is 91.0 Å². The van der Waals surface area contributed by atoms with Gasteiger partial charge in [0.1, 0.15) is 5.54 Å². The highest BCUT2D eigenvalue weighted by molar-refractivity contribution is 6.01. The highest BCUT2D eigenvalue weighted by Gasteiger charge is 2.42. The Morgan fingerprint density at radius 3 is 1.96 bits per heavy atom. The van der Waals surface area contributed by atoms with E-state index in [2.05, 4.69) is 20.5 Å². The van der Waals surface area contributed by atoms with Crippen molar-refractivity contribution in [2.45, 2.75) is 19.0 Å². The first kappa shape index (κ1) is 26.0. The van der Waals surface area contributed by atoms with Crippen molar-refractivity contribution in [2.75, 3.05) is 6.61 Å². The SMILES string of the molecule is [2H]c1c([2H])c([2H])c(-c2nnnn2C(c2ccccc2)(c2ccccc2)c2ccccc2)c(-c2ccc(C([2H])([2H])n3c(OCC)nc4cccc(C(=O)O)c43)cc2)c1[2H]. The lowest BCUT2D eigenvalue weighted by molar-refractivity contribution is 0.0698. The van der Waals surface area contributed by atoms with Crippen LogP contribution in [0.4, 0.5) is 0 Å². The van der Waals surface area contributed by atoms with Crippen LogP contribution < -0.4 is 4.74 Å². The van der Waals surface area contributed by atoms with Crippen molar-refractivity contribution in [1.82, 2.24) is 29.8 Å². The summed E-state index contributed by atoms with van der Waals surface area (Å²) < 4.78 is 63.2. The quantitative estimate of drug-likeness (QED) is 0.136. The van der Waals surface area contributed by atoms with E-state index in [0.29, 0.717) is 5.56 Å². The van der Waals surface area contributed by atoms with Gasteiger partial charge in [0, 0.05) is 5.56 Å². The number of carboxylic acids is 1. The number of hydrogen-bond acceptors (Lipinski definition) is 6. The summed E-state index contributed by atoms with van der Waals surface area (Å²) in [5.74, 6) is -1.20. The third-order valence-corrected chi connectivity index (χ3v) is 8.84. The molecule has 0 unspecified atom stereocenters. The molecule has 0 bridgehead atoms. The van der Waals surface area contributed by atoms with E-state index in [-0.39, 0.29) is 63.8 Å². The minimum Gasteiger partial charge on any atom is -0.478 e. The maximum Gasteiger partial charge on any atom is 0.337 e. The summed E-state index contributed by atoms with van der Waals surface area (Å²) in [6, 6.07) is 37.7. The molecule has 0 atom stereocenters. The second-order valence-electron chi connectivity index (χ2n) is 11.8. The lowest BCUT2D eigenvalue weighted by Crippen LogP contribution is -2.39. The van der Waals surface area contributed by atoms with Gasteiger partial charge in [-0.3, -0.25) is 4.57 Å². The number of imidazole rings is 1. The smallest absolute Gasteiger partial charge is 0.337 e. The van der Waals surface area contributed by atoms with Crippen molar-refractivity contribution >= 4 is 17.0 Å². The number of para-hydroxylation sites is 1. The fourth-order valence-corrected chi connectivity index (χ4v) is 6.62. The van der Waals surface area contributed by atoms with Gasteiger partial charge in [0.15, 0.2) is 5.82 Å². The number of tetrazole rings is 1. The summed E-state index contributed by atoms with van der Waals surface area (Å²) in [5.41, 5.74) is 1.82. The van der Waals surface area contributed by atoms with Crippen LogP contribution in [0.15, 0.2) is 158 Å². The predicted octanol–water partition coefficient (Wildman–Crippen LogP) is 8.34. The van der Waals surface area contributed by atoms with Crippen LogP contribution in [0.5, 0.6) is 6.01 Å². The molecule has 0 amide bonds. The molecule has 0 spiro atoms. The van der Waals surface area contributed by atoms with Crippen molar-refractivity contribution in [3.05, 3.63) is 185 Å². The van der Waals surface area contributed by atoms with E-state index in [0.717, 1.165) is 21.3 Å². The Bertz CT molecular complexity index is 2700. The Labute approximate surface area is 308 Å². The summed E-state index contributed by atoms with van der Waals surface area (Å²) in [5, 5.41) is 23.2. The van der Waals surface area contributed by atoms with Crippen molar-refractivity contribution < 1.29 is 22.9 Å². The molecule has 0 radical (unpaired) electrons.